The van der Waals surface area contributed by atoms with Crippen molar-refractivity contribution >= 4 is 23.3 Å². The van der Waals surface area contributed by atoms with Gasteiger partial charge in [0.25, 0.3) is 0 Å². The maximum atomic E-state index is 11.4. The molecule has 0 saturated carbocycles. The molecule has 0 N–H and O–H groups in total. The standard InChI is InChI=1S/C10H13NO4S/c1-6-5-16-8(11-6)4-7(9(12)14-2)10(13)15-3/h5,7H,4H2,1-3H3. The van der Waals surface area contributed by atoms with Crippen LogP contribution in [-0.2, 0) is 25.5 Å². The Morgan fingerprint density at radius 2 is 1.94 bits per heavy atom. The summed E-state index contributed by atoms with van der Waals surface area (Å²) < 4.78 is 9.10. The van der Waals surface area contributed by atoms with Crippen LogP contribution in [0.25, 0.3) is 0 Å². The number of ether oxygens (including phenoxy) is 2. The summed E-state index contributed by atoms with van der Waals surface area (Å²) in [6.45, 7) is 1.85. The number of thiazole rings is 1. The molecule has 0 spiro atoms. The summed E-state index contributed by atoms with van der Waals surface area (Å²) in [5, 5.41) is 2.58. The minimum Gasteiger partial charge on any atom is -0.468 e. The maximum absolute atomic E-state index is 11.4. The minimum absolute atomic E-state index is 0.220. The molecule has 0 fully saturated rings. The summed E-state index contributed by atoms with van der Waals surface area (Å²) >= 11 is 1.41. The van der Waals surface area contributed by atoms with Gasteiger partial charge >= 0.3 is 11.9 Å². The third kappa shape index (κ3) is 3.03. The van der Waals surface area contributed by atoms with Crippen molar-refractivity contribution in [2.75, 3.05) is 14.2 Å². The number of carbonyl (C=O) groups is 2. The van der Waals surface area contributed by atoms with Gasteiger partial charge in [-0.05, 0) is 6.92 Å². The smallest absolute Gasteiger partial charge is 0.320 e. The lowest BCUT2D eigenvalue weighted by molar-refractivity contribution is -0.158. The molecule has 1 heterocycles. The van der Waals surface area contributed by atoms with E-state index in [1.807, 2.05) is 12.3 Å². The molecule has 0 amide bonds. The van der Waals surface area contributed by atoms with E-state index in [0.29, 0.717) is 0 Å². The first kappa shape index (κ1) is 12.6. The molecule has 0 aliphatic rings. The predicted molar refractivity (Wildman–Crippen MR) is 58.1 cm³/mol. The molecule has 0 aliphatic carbocycles. The summed E-state index contributed by atoms with van der Waals surface area (Å²) in [7, 11) is 2.48. The highest BCUT2D eigenvalue weighted by molar-refractivity contribution is 7.09. The summed E-state index contributed by atoms with van der Waals surface area (Å²) in [5.41, 5.74) is 0.869. The van der Waals surface area contributed by atoms with Gasteiger partial charge in [0, 0.05) is 17.5 Å². The van der Waals surface area contributed by atoms with Gasteiger partial charge in [0.15, 0.2) is 5.92 Å². The van der Waals surface area contributed by atoms with Crippen LogP contribution in [-0.4, -0.2) is 31.1 Å². The van der Waals surface area contributed by atoms with E-state index in [1.54, 1.807) is 0 Å². The van der Waals surface area contributed by atoms with E-state index >= 15 is 0 Å². The molecule has 5 nitrogen and oxygen atoms in total. The number of nitrogens with zero attached hydrogens (tertiary/aromatic N) is 1. The van der Waals surface area contributed by atoms with Crippen molar-refractivity contribution in [2.24, 2.45) is 5.92 Å². The molecule has 0 unspecified atom stereocenters. The van der Waals surface area contributed by atoms with Gasteiger partial charge in [-0.1, -0.05) is 0 Å². The summed E-state index contributed by atoms with van der Waals surface area (Å²) in [4.78, 5) is 26.9. The number of carbonyl (C=O) groups excluding carboxylic acids is 2. The normalized spacial score (nSPS) is 10.2. The molecule has 0 aliphatic heterocycles. The first-order valence-corrected chi connectivity index (χ1v) is 5.53. The molecule has 1 aromatic rings. The maximum Gasteiger partial charge on any atom is 0.320 e. The van der Waals surface area contributed by atoms with Crippen molar-refractivity contribution in [3.63, 3.8) is 0 Å². The summed E-state index contributed by atoms with van der Waals surface area (Å²) in [5.74, 6) is -2.13. The minimum atomic E-state index is -0.930. The van der Waals surface area contributed by atoms with Crippen LogP contribution in [0.4, 0.5) is 0 Å². The Kier molecular flexibility index (Phi) is 4.42. The van der Waals surface area contributed by atoms with Gasteiger partial charge in [0.05, 0.1) is 19.2 Å². The Labute approximate surface area is 97.4 Å². The van der Waals surface area contributed by atoms with Crippen molar-refractivity contribution in [1.82, 2.24) is 4.98 Å². The second-order valence-corrected chi connectivity index (χ2v) is 4.13. The molecule has 6 heteroatoms. The average molecular weight is 243 g/mol. The van der Waals surface area contributed by atoms with Gasteiger partial charge in [-0.2, -0.15) is 0 Å². The Morgan fingerprint density at radius 3 is 2.31 bits per heavy atom. The Balaban J connectivity index is 2.78. The SMILES string of the molecule is COC(=O)C(Cc1nc(C)cs1)C(=O)OC. The molecule has 1 rings (SSSR count). The van der Waals surface area contributed by atoms with Gasteiger partial charge in [-0.15, -0.1) is 11.3 Å². The van der Waals surface area contributed by atoms with E-state index in [-0.39, 0.29) is 6.42 Å². The van der Waals surface area contributed by atoms with E-state index in [1.165, 1.54) is 25.6 Å². The van der Waals surface area contributed by atoms with Crippen molar-refractivity contribution in [3.05, 3.63) is 16.1 Å². The largest absolute Gasteiger partial charge is 0.468 e. The van der Waals surface area contributed by atoms with Crippen molar-refractivity contribution < 1.29 is 19.1 Å². The van der Waals surface area contributed by atoms with Crippen molar-refractivity contribution in [3.8, 4) is 0 Å². The molecule has 16 heavy (non-hydrogen) atoms. The third-order valence-electron chi connectivity index (χ3n) is 2.02. The fraction of sp³-hybridized carbons (Fsp3) is 0.500. The molecular weight excluding hydrogens is 230 g/mol. The van der Waals surface area contributed by atoms with Gasteiger partial charge in [-0.3, -0.25) is 9.59 Å². The van der Waals surface area contributed by atoms with Crippen LogP contribution in [0.1, 0.15) is 10.7 Å². The lowest BCUT2D eigenvalue weighted by Gasteiger charge is -2.10. The van der Waals surface area contributed by atoms with Gasteiger partial charge in [0.2, 0.25) is 0 Å². The second kappa shape index (κ2) is 5.60. The monoisotopic (exact) mass is 243 g/mol. The van der Waals surface area contributed by atoms with Crippen LogP contribution in [0, 0.1) is 12.8 Å². The second-order valence-electron chi connectivity index (χ2n) is 3.19. The third-order valence-corrected chi connectivity index (χ3v) is 3.01. The molecular formula is C10H13NO4S. The van der Waals surface area contributed by atoms with Crippen LogP contribution < -0.4 is 0 Å². The van der Waals surface area contributed by atoms with E-state index in [0.717, 1.165) is 10.7 Å². The van der Waals surface area contributed by atoms with E-state index < -0.39 is 17.9 Å². The highest BCUT2D eigenvalue weighted by atomic mass is 32.1. The lowest BCUT2D eigenvalue weighted by atomic mass is 10.1. The number of methoxy groups -OCH3 is 2. The van der Waals surface area contributed by atoms with E-state index in [2.05, 4.69) is 14.5 Å². The number of hydrogen-bond acceptors (Lipinski definition) is 6. The van der Waals surface area contributed by atoms with Crippen LogP contribution in [0.3, 0.4) is 0 Å². The Bertz CT molecular complexity index is 372. The molecule has 0 atom stereocenters. The molecule has 0 saturated heterocycles. The topological polar surface area (TPSA) is 65.5 Å². The molecule has 0 radical (unpaired) electrons. The predicted octanol–water partition coefficient (Wildman–Crippen LogP) is 0.956. The molecule has 0 bridgehead atoms. The number of aromatic nitrogens is 1. The van der Waals surface area contributed by atoms with Crippen LogP contribution >= 0.6 is 11.3 Å². The van der Waals surface area contributed by atoms with E-state index in [4.69, 9.17) is 0 Å². The fourth-order valence-corrected chi connectivity index (χ4v) is 2.04. The average Bonchev–Trinajstić information content (AvgIpc) is 2.69. The zero-order valence-electron chi connectivity index (χ0n) is 9.35. The molecule has 0 aromatic carbocycles. The Hall–Kier alpha value is -1.43. The fourth-order valence-electron chi connectivity index (χ4n) is 1.22. The highest BCUT2D eigenvalue weighted by Crippen LogP contribution is 2.16. The van der Waals surface area contributed by atoms with Crippen LogP contribution in [0.2, 0.25) is 0 Å². The lowest BCUT2D eigenvalue weighted by Crippen LogP contribution is -2.28. The number of rotatable bonds is 4. The Morgan fingerprint density at radius 1 is 1.38 bits per heavy atom. The van der Waals surface area contributed by atoms with Gasteiger partial charge in [-0.25, -0.2) is 4.98 Å². The van der Waals surface area contributed by atoms with Gasteiger partial charge in [0.1, 0.15) is 0 Å². The summed E-state index contributed by atoms with van der Waals surface area (Å²) in [6, 6.07) is 0. The van der Waals surface area contributed by atoms with Crippen molar-refractivity contribution in [1.29, 1.82) is 0 Å². The number of aryl methyl sites for hydroxylation is 1. The molecule has 1 aromatic heterocycles. The quantitative estimate of drug-likeness (QED) is 0.582. The number of esters is 2. The number of hydrogen-bond donors (Lipinski definition) is 0. The van der Waals surface area contributed by atoms with E-state index in [9.17, 15) is 9.59 Å². The van der Waals surface area contributed by atoms with Gasteiger partial charge < -0.3 is 9.47 Å². The van der Waals surface area contributed by atoms with Crippen molar-refractivity contribution in [2.45, 2.75) is 13.3 Å². The van der Waals surface area contributed by atoms with Crippen LogP contribution in [0.15, 0.2) is 5.38 Å². The zero-order valence-corrected chi connectivity index (χ0v) is 10.2. The van der Waals surface area contributed by atoms with Crippen LogP contribution in [0.5, 0.6) is 0 Å². The molecule has 88 valence electrons. The first-order chi connectivity index (χ1) is 7.58. The first-order valence-electron chi connectivity index (χ1n) is 4.65. The summed E-state index contributed by atoms with van der Waals surface area (Å²) in [6.07, 6.45) is 0.220. The zero-order chi connectivity index (χ0) is 12.1. The highest BCUT2D eigenvalue weighted by Gasteiger charge is 2.29.